The van der Waals surface area contributed by atoms with Crippen LogP contribution < -0.4 is 10.6 Å². The van der Waals surface area contributed by atoms with Gasteiger partial charge in [0.05, 0.1) is 17.6 Å². The van der Waals surface area contributed by atoms with Crippen molar-refractivity contribution < 1.29 is 4.79 Å². The summed E-state index contributed by atoms with van der Waals surface area (Å²) in [5, 5.41) is 12.4. The maximum Gasteiger partial charge on any atom is 0.224 e. The molecule has 0 radical (unpaired) electrons. The van der Waals surface area contributed by atoms with Crippen LogP contribution in [0.4, 0.5) is 5.69 Å². The Hall–Kier alpha value is -1.36. The van der Waals surface area contributed by atoms with Gasteiger partial charge in [0.2, 0.25) is 5.91 Å². The lowest BCUT2D eigenvalue weighted by molar-refractivity contribution is -0.116. The van der Waals surface area contributed by atoms with Gasteiger partial charge in [-0.2, -0.15) is 5.10 Å². The standard InChI is InChI=1S/C9H16N4O/c1-7-8(6-11-13-7)12-9(14)4-3-5-10-2/h6,10H,3-5H2,1-2H3,(H,11,13)(H,12,14). The van der Waals surface area contributed by atoms with Gasteiger partial charge in [0.25, 0.3) is 0 Å². The van der Waals surface area contributed by atoms with Crippen molar-refractivity contribution in [3.05, 3.63) is 11.9 Å². The molecule has 0 saturated carbocycles. The normalized spacial score (nSPS) is 10.1. The lowest BCUT2D eigenvalue weighted by Crippen LogP contribution is -2.15. The summed E-state index contributed by atoms with van der Waals surface area (Å²) < 4.78 is 0. The molecule has 78 valence electrons. The summed E-state index contributed by atoms with van der Waals surface area (Å²) in [6, 6.07) is 0. The number of carbonyl (C=O) groups is 1. The lowest BCUT2D eigenvalue weighted by atomic mass is 10.3. The highest BCUT2D eigenvalue weighted by Gasteiger charge is 2.04. The van der Waals surface area contributed by atoms with Gasteiger partial charge < -0.3 is 10.6 Å². The molecule has 0 bridgehead atoms. The summed E-state index contributed by atoms with van der Waals surface area (Å²) in [5.41, 5.74) is 1.64. The highest BCUT2D eigenvalue weighted by atomic mass is 16.1. The Balaban J connectivity index is 2.31. The fraction of sp³-hybridized carbons (Fsp3) is 0.556. The average Bonchev–Trinajstić information content (AvgIpc) is 2.52. The topological polar surface area (TPSA) is 69.8 Å². The van der Waals surface area contributed by atoms with Gasteiger partial charge in [0.1, 0.15) is 0 Å². The minimum Gasteiger partial charge on any atom is -0.323 e. The fourth-order valence-electron chi connectivity index (χ4n) is 1.12. The van der Waals surface area contributed by atoms with Crippen LogP contribution in [-0.4, -0.2) is 29.7 Å². The van der Waals surface area contributed by atoms with Gasteiger partial charge in [0.15, 0.2) is 0 Å². The zero-order valence-electron chi connectivity index (χ0n) is 8.55. The molecule has 0 aromatic carbocycles. The van der Waals surface area contributed by atoms with Crippen molar-refractivity contribution in [2.75, 3.05) is 18.9 Å². The molecular formula is C9H16N4O. The van der Waals surface area contributed by atoms with Crippen molar-refractivity contribution in [3.8, 4) is 0 Å². The van der Waals surface area contributed by atoms with Gasteiger partial charge in [0, 0.05) is 6.42 Å². The molecule has 5 nitrogen and oxygen atoms in total. The molecule has 3 N–H and O–H groups in total. The number of nitrogens with one attached hydrogen (secondary N) is 3. The van der Waals surface area contributed by atoms with Crippen LogP contribution in [0.2, 0.25) is 0 Å². The number of nitrogens with zero attached hydrogens (tertiary/aromatic N) is 1. The van der Waals surface area contributed by atoms with Crippen molar-refractivity contribution in [2.24, 2.45) is 0 Å². The molecule has 0 fully saturated rings. The summed E-state index contributed by atoms with van der Waals surface area (Å²) in [4.78, 5) is 11.4. The van der Waals surface area contributed by atoms with E-state index >= 15 is 0 Å². The molecule has 1 aromatic heterocycles. The van der Waals surface area contributed by atoms with Gasteiger partial charge >= 0.3 is 0 Å². The highest BCUT2D eigenvalue weighted by molar-refractivity contribution is 5.90. The summed E-state index contributed by atoms with van der Waals surface area (Å²) in [7, 11) is 1.87. The maximum atomic E-state index is 11.4. The molecule has 0 atom stereocenters. The van der Waals surface area contributed by atoms with E-state index in [-0.39, 0.29) is 5.91 Å². The van der Waals surface area contributed by atoms with E-state index in [4.69, 9.17) is 0 Å². The van der Waals surface area contributed by atoms with Gasteiger partial charge in [-0.05, 0) is 26.9 Å². The summed E-state index contributed by atoms with van der Waals surface area (Å²) >= 11 is 0. The van der Waals surface area contributed by atoms with E-state index in [1.165, 1.54) is 0 Å². The van der Waals surface area contributed by atoms with E-state index in [2.05, 4.69) is 20.8 Å². The van der Waals surface area contributed by atoms with Gasteiger partial charge in [-0.1, -0.05) is 0 Å². The lowest BCUT2D eigenvalue weighted by Gasteiger charge is -2.02. The van der Waals surface area contributed by atoms with Crippen LogP contribution in [0.25, 0.3) is 0 Å². The molecule has 0 saturated heterocycles. The molecule has 0 spiro atoms. The Morgan fingerprint density at radius 1 is 1.64 bits per heavy atom. The molecule has 0 aliphatic carbocycles. The second-order valence-electron chi connectivity index (χ2n) is 3.16. The van der Waals surface area contributed by atoms with Crippen molar-refractivity contribution in [3.63, 3.8) is 0 Å². The monoisotopic (exact) mass is 196 g/mol. The first kappa shape index (κ1) is 10.7. The minimum atomic E-state index is 0.0322. The second-order valence-corrected chi connectivity index (χ2v) is 3.16. The smallest absolute Gasteiger partial charge is 0.224 e. The zero-order valence-corrected chi connectivity index (χ0v) is 8.55. The average molecular weight is 196 g/mol. The number of aryl methyl sites for hydroxylation is 1. The van der Waals surface area contributed by atoms with Gasteiger partial charge in [-0.3, -0.25) is 9.89 Å². The van der Waals surface area contributed by atoms with E-state index in [0.717, 1.165) is 24.3 Å². The Morgan fingerprint density at radius 2 is 2.43 bits per heavy atom. The molecule has 0 unspecified atom stereocenters. The van der Waals surface area contributed by atoms with Crippen LogP contribution in [0.1, 0.15) is 18.5 Å². The minimum absolute atomic E-state index is 0.0322. The molecule has 0 aliphatic heterocycles. The molecule has 14 heavy (non-hydrogen) atoms. The Morgan fingerprint density at radius 3 is 3.00 bits per heavy atom. The predicted molar refractivity (Wildman–Crippen MR) is 55.1 cm³/mol. The third-order valence-electron chi connectivity index (χ3n) is 1.93. The fourth-order valence-corrected chi connectivity index (χ4v) is 1.12. The van der Waals surface area contributed by atoms with E-state index in [9.17, 15) is 4.79 Å². The van der Waals surface area contributed by atoms with Crippen LogP contribution in [0.5, 0.6) is 0 Å². The van der Waals surface area contributed by atoms with Crippen LogP contribution in [0.15, 0.2) is 6.20 Å². The number of aromatic amines is 1. The van der Waals surface area contributed by atoms with Crippen LogP contribution in [-0.2, 0) is 4.79 Å². The van der Waals surface area contributed by atoms with Gasteiger partial charge in [-0.15, -0.1) is 0 Å². The number of aromatic nitrogens is 2. The first-order valence-corrected chi connectivity index (χ1v) is 4.68. The zero-order chi connectivity index (χ0) is 10.4. The predicted octanol–water partition coefficient (Wildman–Crippen LogP) is 0.656. The van der Waals surface area contributed by atoms with Crippen molar-refractivity contribution in [1.82, 2.24) is 15.5 Å². The van der Waals surface area contributed by atoms with Crippen LogP contribution in [0, 0.1) is 6.92 Å². The highest BCUT2D eigenvalue weighted by Crippen LogP contribution is 2.09. The van der Waals surface area contributed by atoms with E-state index in [1.807, 2.05) is 14.0 Å². The van der Waals surface area contributed by atoms with E-state index in [0.29, 0.717) is 6.42 Å². The summed E-state index contributed by atoms with van der Waals surface area (Å²) in [5.74, 6) is 0.0322. The number of amides is 1. The number of H-pyrrole nitrogens is 1. The van der Waals surface area contributed by atoms with Crippen LogP contribution in [0.3, 0.4) is 0 Å². The molecular weight excluding hydrogens is 180 g/mol. The molecule has 1 aromatic rings. The SMILES string of the molecule is CNCCCC(=O)Nc1cn[nH]c1C. The van der Waals surface area contributed by atoms with E-state index in [1.54, 1.807) is 6.20 Å². The molecule has 1 amide bonds. The molecule has 0 aliphatic rings. The van der Waals surface area contributed by atoms with E-state index < -0.39 is 0 Å². The summed E-state index contributed by atoms with van der Waals surface area (Å²) in [6.45, 7) is 2.73. The third-order valence-corrected chi connectivity index (χ3v) is 1.93. The molecule has 5 heteroatoms. The maximum absolute atomic E-state index is 11.4. The molecule has 1 rings (SSSR count). The largest absolute Gasteiger partial charge is 0.323 e. The number of carbonyl (C=O) groups excluding carboxylic acids is 1. The number of rotatable bonds is 5. The second kappa shape index (κ2) is 5.39. The number of hydrogen-bond acceptors (Lipinski definition) is 3. The first-order chi connectivity index (χ1) is 6.74. The Labute approximate surface area is 83.3 Å². The third kappa shape index (κ3) is 3.18. The number of hydrogen-bond donors (Lipinski definition) is 3. The number of anilines is 1. The first-order valence-electron chi connectivity index (χ1n) is 4.68. The van der Waals surface area contributed by atoms with Crippen molar-refractivity contribution in [1.29, 1.82) is 0 Å². The molecule has 1 heterocycles. The summed E-state index contributed by atoms with van der Waals surface area (Å²) in [6.07, 6.45) is 3.00. The van der Waals surface area contributed by atoms with Crippen LogP contribution >= 0.6 is 0 Å². The van der Waals surface area contributed by atoms with Crippen molar-refractivity contribution in [2.45, 2.75) is 19.8 Å². The van der Waals surface area contributed by atoms with Crippen molar-refractivity contribution >= 4 is 11.6 Å². The Kier molecular flexibility index (Phi) is 4.12. The van der Waals surface area contributed by atoms with Gasteiger partial charge in [-0.25, -0.2) is 0 Å². The quantitative estimate of drug-likeness (QED) is 0.606. The Bertz CT molecular complexity index is 295.